The first kappa shape index (κ1) is 35.8. The number of hydrogen-bond donors (Lipinski definition) is 4. The first-order valence-corrected chi connectivity index (χ1v) is 14.4. The summed E-state index contributed by atoms with van der Waals surface area (Å²) in [6.07, 6.45) is 1.73. The van der Waals surface area contributed by atoms with Crippen molar-refractivity contribution in [3.63, 3.8) is 0 Å². The van der Waals surface area contributed by atoms with Crippen LogP contribution < -0.4 is 10.1 Å². The van der Waals surface area contributed by atoms with Gasteiger partial charge in [0.25, 0.3) is 5.91 Å². The van der Waals surface area contributed by atoms with Crippen LogP contribution in [0.5, 0.6) is 5.75 Å². The maximum atomic E-state index is 13.2. The highest BCUT2D eigenvalue weighted by Gasteiger charge is 2.23. The largest absolute Gasteiger partial charge is 0.503 e. The van der Waals surface area contributed by atoms with Crippen molar-refractivity contribution in [1.29, 1.82) is 0 Å². The quantitative estimate of drug-likeness (QED) is 0.192. The molecule has 3 aromatic rings. The average Bonchev–Trinajstić information content (AvgIpc) is 2.94. The number of aryl methyl sites for hydroxylation is 2. The summed E-state index contributed by atoms with van der Waals surface area (Å²) < 4.78 is 6.04. The first-order valence-electron chi connectivity index (χ1n) is 14.0. The Morgan fingerprint density at radius 2 is 1.67 bits per heavy atom. The molecule has 0 bridgehead atoms. The van der Waals surface area contributed by atoms with Crippen molar-refractivity contribution in [2.45, 2.75) is 58.1 Å². The number of hydrogen-bond acceptors (Lipinski definition) is 6. The number of nitrogens with one attached hydrogen (secondary N) is 1. The third-order valence-corrected chi connectivity index (χ3v) is 7.37. The van der Waals surface area contributed by atoms with Gasteiger partial charge in [-0.2, -0.15) is 0 Å². The summed E-state index contributed by atoms with van der Waals surface area (Å²) in [5.41, 5.74) is 6.21. The summed E-state index contributed by atoms with van der Waals surface area (Å²) in [6.45, 7) is 5.63. The van der Waals surface area contributed by atoms with E-state index < -0.39 is 6.16 Å². The number of pyridine rings is 1. The zero-order valence-electron chi connectivity index (χ0n) is 25.0. The van der Waals surface area contributed by atoms with Gasteiger partial charge in [-0.3, -0.25) is 4.79 Å². The minimum absolute atomic E-state index is 0. The van der Waals surface area contributed by atoms with Crippen molar-refractivity contribution in [3.05, 3.63) is 70.4 Å². The summed E-state index contributed by atoms with van der Waals surface area (Å²) in [6, 6.07) is 15.8. The number of ether oxygens (including phenoxy) is 1. The molecule has 0 saturated heterocycles. The number of rotatable bonds is 9. The fourth-order valence-electron chi connectivity index (χ4n) is 4.85. The topological polar surface area (TPSA) is 132 Å². The van der Waals surface area contributed by atoms with Gasteiger partial charge in [0.1, 0.15) is 11.4 Å². The van der Waals surface area contributed by atoms with Gasteiger partial charge in [0.05, 0.1) is 23.4 Å². The standard InChI is InChI=1S/C31H38ClN3O3.CH2O3.ClH/c1-20-6-7-21(2)26(18-20)25-13-15-28(31(37)33-23-9-11-24(36)12-10-23)34-30(25)22-8-14-27(32)29(19-22)38-17-5-16-35(3)4;2-1(3)4;/h6-8,13-15,18-19,23-24,36H,5,9-12,16-17H2,1-4H3,(H,33,37);(H2,2,3,4);1H. The van der Waals surface area contributed by atoms with E-state index in [2.05, 4.69) is 42.3 Å². The lowest BCUT2D eigenvalue weighted by Crippen LogP contribution is -2.38. The molecule has 0 radical (unpaired) electrons. The number of nitrogens with zero attached hydrogens (tertiary/aromatic N) is 2. The Bertz CT molecular complexity index is 1370. The van der Waals surface area contributed by atoms with Crippen LogP contribution in [0, 0.1) is 13.8 Å². The summed E-state index contributed by atoms with van der Waals surface area (Å²) in [5.74, 6) is 0.404. The lowest BCUT2D eigenvalue weighted by atomic mass is 9.93. The lowest BCUT2D eigenvalue weighted by Gasteiger charge is -2.26. The van der Waals surface area contributed by atoms with Crippen molar-refractivity contribution >= 4 is 36.1 Å². The van der Waals surface area contributed by atoms with Crippen LogP contribution in [-0.4, -0.2) is 76.7 Å². The van der Waals surface area contributed by atoms with Crippen molar-refractivity contribution in [3.8, 4) is 28.1 Å². The number of carbonyl (C=O) groups is 2. The fourth-order valence-corrected chi connectivity index (χ4v) is 5.02. The van der Waals surface area contributed by atoms with E-state index in [-0.39, 0.29) is 30.5 Å². The van der Waals surface area contributed by atoms with E-state index in [0.29, 0.717) is 41.6 Å². The van der Waals surface area contributed by atoms with Crippen molar-refractivity contribution in [1.82, 2.24) is 15.2 Å². The van der Waals surface area contributed by atoms with Gasteiger partial charge in [-0.25, -0.2) is 9.78 Å². The normalized spacial score (nSPS) is 16.0. The molecule has 4 N–H and O–H groups in total. The molecule has 4 rings (SSSR count). The third kappa shape index (κ3) is 11.0. The van der Waals surface area contributed by atoms with Gasteiger partial charge < -0.3 is 30.3 Å². The Morgan fingerprint density at radius 1 is 1.00 bits per heavy atom. The van der Waals surface area contributed by atoms with Gasteiger partial charge in [-0.05, 0) is 95.4 Å². The predicted octanol–water partition coefficient (Wildman–Crippen LogP) is 6.69. The Hall–Kier alpha value is -3.37. The lowest BCUT2D eigenvalue weighted by molar-refractivity contribution is 0.0863. The molecule has 1 saturated carbocycles. The van der Waals surface area contributed by atoms with Crippen LogP contribution in [0.15, 0.2) is 48.5 Å². The summed E-state index contributed by atoms with van der Waals surface area (Å²) >= 11 is 6.49. The molecule has 11 heteroatoms. The van der Waals surface area contributed by atoms with Gasteiger partial charge in [0, 0.05) is 23.7 Å². The van der Waals surface area contributed by atoms with Crippen LogP contribution in [0.3, 0.4) is 0 Å². The number of carbonyl (C=O) groups excluding carboxylic acids is 1. The van der Waals surface area contributed by atoms with Crippen molar-refractivity contribution in [2.24, 2.45) is 0 Å². The second-order valence-electron chi connectivity index (χ2n) is 10.8. The average molecular weight is 635 g/mol. The van der Waals surface area contributed by atoms with Gasteiger partial charge >= 0.3 is 6.16 Å². The molecular formula is C32H41Cl2N3O6. The van der Waals surface area contributed by atoms with Crippen LogP contribution in [0.25, 0.3) is 22.4 Å². The van der Waals surface area contributed by atoms with E-state index in [1.54, 1.807) is 6.07 Å². The van der Waals surface area contributed by atoms with Gasteiger partial charge in [-0.1, -0.05) is 41.4 Å². The fraction of sp³-hybridized carbons (Fsp3) is 0.406. The molecule has 1 aromatic heterocycles. The van der Waals surface area contributed by atoms with E-state index in [0.717, 1.165) is 53.6 Å². The Kier molecular flexibility index (Phi) is 14.2. The van der Waals surface area contributed by atoms with Gasteiger partial charge in [0.2, 0.25) is 0 Å². The number of benzene rings is 2. The molecule has 1 amide bonds. The first-order chi connectivity index (χ1) is 19.9. The van der Waals surface area contributed by atoms with E-state index in [4.69, 9.17) is 36.3 Å². The van der Waals surface area contributed by atoms with Crippen molar-refractivity contribution < 1.29 is 29.6 Å². The van der Waals surface area contributed by atoms with E-state index in [1.807, 2.05) is 38.4 Å². The molecule has 0 spiro atoms. The molecular weight excluding hydrogens is 593 g/mol. The minimum atomic E-state index is -1.83. The van der Waals surface area contributed by atoms with Gasteiger partial charge in [0.15, 0.2) is 0 Å². The second-order valence-corrected chi connectivity index (χ2v) is 11.2. The molecule has 0 atom stereocenters. The molecule has 234 valence electrons. The maximum Gasteiger partial charge on any atom is 0.503 e. The molecule has 1 heterocycles. The zero-order valence-corrected chi connectivity index (χ0v) is 26.5. The molecule has 43 heavy (non-hydrogen) atoms. The molecule has 0 aliphatic heterocycles. The third-order valence-electron chi connectivity index (χ3n) is 7.05. The Labute approximate surface area is 264 Å². The van der Waals surface area contributed by atoms with E-state index >= 15 is 0 Å². The van der Waals surface area contributed by atoms with Crippen LogP contribution in [-0.2, 0) is 0 Å². The summed E-state index contributed by atoms with van der Waals surface area (Å²) in [4.78, 5) is 28.8. The summed E-state index contributed by atoms with van der Waals surface area (Å²) in [5, 5.41) is 27.4. The molecule has 2 aromatic carbocycles. The Morgan fingerprint density at radius 3 is 2.33 bits per heavy atom. The highest BCUT2D eigenvalue weighted by Crippen LogP contribution is 2.37. The van der Waals surface area contributed by atoms with Crippen molar-refractivity contribution in [2.75, 3.05) is 27.2 Å². The Balaban J connectivity index is 0.00000121. The van der Waals surface area contributed by atoms with Crippen LogP contribution in [0.2, 0.25) is 5.02 Å². The number of carboxylic acid groups (broad SMARTS) is 2. The molecule has 1 aliphatic carbocycles. The zero-order chi connectivity index (χ0) is 30.8. The summed E-state index contributed by atoms with van der Waals surface area (Å²) in [7, 11) is 4.07. The monoisotopic (exact) mass is 633 g/mol. The maximum absolute atomic E-state index is 13.2. The number of aliphatic hydroxyl groups is 1. The SMILES string of the molecule is Cc1ccc(C)c(-c2ccc(C(=O)NC3CCC(O)CC3)nc2-c2ccc(Cl)c(OCCCN(C)C)c2)c1.Cl.O=C(O)O. The molecule has 1 aliphatic rings. The predicted molar refractivity (Wildman–Crippen MR) is 172 cm³/mol. The molecule has 1 fully saturated rings. The smallest absolute Gasteiger partial charge is 0.492 e. The number of aromatic nitrogens is 1. The van der Waals surface area contributed by atoms with Crippen LogP contribution >= 0.6 is 24.0 Å². The highest BCUT2D eigenvalue weighted by atomic mass is 35.5. The van der Waals surface area contributed by atoms with E-state index in [1.165, 1.54) is 0 Å². The van der Waals surface area contributed by atoms with Crippen LogP contribution in [0.1, 0.15) is 53.7 Å². The number of amides is 1. The number of aliphatic hydroxyl groups excluding tert-OH is 1. The van der Waals surface area contributed by atoms with Gasteiger partial charge in [-0.15, -0.1) is 12.4 Å². The number of halogens is 2. The molecule has 0 unspecified atom stereocenters. The van der Waals surface area contributed by atoms with E-state index in [9.17, 15) is 9.90 Å². The molecule has 9 nitrogen and oxygen atoms in total. The highest BCUT2D eigenvalue weighted by molar-refractivity contribution is 6.32. The van der Waals surface area contributed by atoms with Crippen LogP contribution in [0.4, 0.5) is 4.79 Å². The second kappa shape index (κ2) is 17.1. The minimum Gasteiger partial charge on any atom is -0.492 e.